The summed E-state index contributed by atoms with van der Waals surface area (Å²) in [5, 5.41) is 3.31. The predicted molar refractivity (Wildman–Crippen MR) is 110 cm³/mol. The molecule has 152 valence electrons. The van der Waals surface area contributed by atoms with Gasteiger partial charge in [-0.1, -0.05) is 17.7 Å². The van der Waals surface area contributed by atoms with Gasteiger partial charge in [-0.15, -0.1) is 0 Å². The topological polar surface area (TPSA) is 74.6 Å². The number of benzene rings is 1. The maximum atomic E-state index is 12.7. The minimum Gasteiger partial charge on any atom is -0.496 e. The van der Waals surface area contributed by atoms with E-state index in [0.717, 1.165) is 11.3 Å². The fraction of sp³-hybridized carbons (Fsp3) is 0.238. The number of nitrogens with one attached hydrogen (secondary N) is 1. The lowest BCUT2D eigenvalue weighted by molar-refractivity contribution is 0.0948. The number of nitrogens with zero attached hydrogens (tertiary/aromatic N) is 2. The molecule has 3 rings (SSSR count). The molecule has 0 aliphatic carbocycles. The molecule has 0 unspecified atom stereocenters. The average molecular weight is 416 g/mol. The van der Waals surface area contributed by atoms with Gasteiger partial charge in [-0.25, -0.2) is 4.98 Å². The highest BCUT2D eigenvalue weighted by Gasteiger charge is 2.16. The van der Waals surface area contributed by atoms with Crippen LogP contribution in [0.5, 0.6) is 11.6 Å². The Morgan fingerprint density at radius 1 is 1.17 bits per heavy atom. The van der Waals surface area contributed by atoms with Crippen LogP contribution in [-0.4, -0.2) is 42.9 Å². The van der Waals surface area contributed by atoms with Crippen LogP contribution in [0.15, 0.2) is 55.0 Å². The molecule has 1 N–H and O–H groups in total. The maximum absolute atomic E-state index is 12.7. The Hall–Kier alpha value is -3.03. The van der Waals surface area contributed by atoms with Gasteiger partial charge in [0.25, 0.3) is 5.91 Å². The van der Waals surface area contributed by atoms with Crippen LogP contribution in [0.1, 0.15) is 15.9 Å². The Labute approximate surface area is 174 Å². The first-order valence-electron chi connectivity index (χ1n) is 8.98. The first kappa shape index (κ1) is 20.7. The minimum atomic E-state index is -0.289. The molecule has 2 aromatic heterocycles. The van der Waals surface area contributed by atoms with Crippen LogP contribution < -0.4 is 14.8 Å². The Morgan fingerprint density at radius 2 is 1.97 bits per heavy atom. The van der Waals surface area contributed by atoms with Crippen LogP contribution >= 0.6 is 11.6 Å². The summed E-state index contributed by atoms with van der Waals surface area (Å²) < 4.78 is 17.6. The van der Waals surface area contributed by atoms with Crippen molar-refractivity contribution in [1.29, 1.82) is 0 Å². The van der Waals surface area contributed by atoms with E-state index in [4.69, 9.17) is 25.8 Å². The molecule has 3 aromatic rings. The van der Waals surface area contributed by atoms with Gasteiger partial charge in [0, 0.05) is 44.4 Å². The molecule has 0 aliphatic rings. The molecule has 8 heteroatoms. The van der Waals surface area contributed by atoms with Crippen molar-refractivity contribution in [3.63, 3.8) is 0 Å². The lowest BCUT2D eigenvalue weighted by atomic mass is 10.1. The van der Waals surface area contributed by atoms with Crippen molar-refractivity contribution in [3.8, 4) is 17.3 Å². The molecule has 0 atom stereocenters. The largest absolute Gasteiger partial charge is 0.496 e. The second kappa shape index (κ2) is 9.95. The third-order valence-corrected chi connectivity index (χ3v) is 4.49. The van der Waals surface area contributed by atoms with Gasteiger partial charge >= 0.3 is 0 Å². The summed E-state index contributed by atoms with van der Waals surface area (Å²) in [7, 11) is 3.13. The Kier molecular flexibility index (Phi) is 7.10. The molecular weight excluding hydrogens is 394 g/mol. The van der Waals surface area contributed by atoms with Gasteiger partial charge < -0.3 is 24.1 Å². The van der Waals surface area contributed by atoms with Crippen LogP contribution in [0.25, 0.3) is 5.69 Å². The molecule has 0 saturated heterocycles. The van der Waals surface area contributed by atoms with E-state index >= 15 is 0 Å². The van der Waals surface area contributed by atoms with Crippen LogP contribution in [0, 0.1) is 0 Å². The summed E-state index contributed by atoms with van der Waals surface area (Å²) in [6.45, 7) is 1.23. The van der Waals surface area contributed by atoms with Crippen LogP contribution in [-0.2, 0) is 11.3 Å². The second-order valence-electron chi connectivity index (χ2n) is 6.12. The fourth-order valence-corrected chi connectivity index (χ4v) is 2.95. The first-order chi connectivity index (χ1) is 14.1. The first-order valence-corrected chi connectivity index (χ1v) is 9.36. The zero-order valence-electron chi connectivity index (χ0n) is 16.2. The van der Waals surface area contributed by atoms with Crippen LogP contribution in [0.3, 0.4) is 0 Å². The number of amides is 1. The zero-order valence-corrected chi connectivity index (χ0v) is 17.0. The van der Waals surface area contributed by atoms with Crippen LogP contribution in [0.2, 0.25) is 5.02 Å². The van der Waals surface area contributed by atoms with E-state index < -0.39 is 0 Å². The molecule has 7 nitrogen and oxygen atoms in total. The molecule has 29 heavy (non-hydrogen) atoms. The molecule has 1 amide bonds. The number of carbonyl (C=O) groups excluding carboxylic acids is 1. The minimum absolute atomic E-state index is 0.289. The molecule has 0 fully saturated rings. The quantitative estimate of drug-likeness (QED) is 0.541. The number of methoxy groups -OCH3 is 2. The van der Waals surface area contributed by atoms with E-state index in [2.05, 4.69) is 10.3 Å². The Bertz CT molecular complexity index is 943. The molecule has 0 radical (unpaired) electrons. The molecule has 2 heterocycles. The number of halogens is 1. The molecule has 0 bridgehead atoms. The number of carbonyl (C=O) groups is 1. The van der Waals surface area contributed by atoms with Crippen molar-refractivity contribution >= 4 is 17.5 Å². The monoisotopic (exact) mass is 415 g/mol. The number of rotatable bonds is 9. The molecule has 0 saturated carbocycles. The molecule has 0 spiro atoms. The normalized spacial score (nSPS) is 10.6. The van der Waals surface area contributed by atoms with Gasteiger partial charge in [-0.3, -0.25) is 4.79 Å². The van der Waals surface area contributed by atoms with Crippen molar-refractivity contribution in [3.05, 3.63) is 71.1 Å². The predicted octanol–water partition coefficient (Wildman–Crippen LogP) is 3.49. The summed E-state index contributed by atoms with van der Waals surface area (Å²) in [4.78, 5) is 16.9. The zero-order chi connectivity index (χ0) is 20.6. The van der Waals surface area contributed by atoms with Gasteiger partial charge in [0.2, 0.25) is 5.88 Å². The highest BCUT2D eigenvalue weighted by atomic mass is 35.5. The molecular formula is C21H22ClN3O4. The smallest absolute Gasteiger partial charge is 0.255 e. The van der Waals surface area contributed by atoms with Crippen molar-refractivity contribution in [2.24, 2.45) is 0 Å². The van der Waals surface area contributed by atoms with Gasteiger partial charge in [0.1, 0.15) is 12.4 Å². The Morgan fingerprint density at radius 3 is 2.62 bits per heavy atom. The number of hydrogen-bond donors (Lipinski definition) is 1. The third-order valence-electron chi connectivity index (χ3n) is 4.18. The van der Waals surface area contributed by atoms with E-state index in [1.54, 1.807) is 31.5 Å². The van der Waals surface area contributed by atoms with E-state index in [-0.39, 0.29) is 5.91 Å². The summed E-state index contributed by atoms with van der Waals surface area (Å²) in [6, 6.07) is 10.7. The number of hydrogen-bond acceptors (Lipinski definition) is 5. The average Bonchev–Trinajstić information content (AvgIpc) is 3.27. The number of ether oxygens (including phenoxy) is 3. The summed E-state index contributed by atoms with van der Waals surface area (Å²) in [6.07, 6.45) is 5.40. The van der Waals surface area contributed by atoms with Crippen molar-refractivity contribution in [1.82, 2.24) is 14.9 Å². The highest BCUT2D eigenvalue weighted by Crippen LogP contribution is 2.30. The van der Waals surface area contributed by atoms with Gasteiger partial charge in [0.05, 0.1) is 30.0 Å². The van der Waals surface area contributed by atoms with Crippen molar-refractivity contribution in [2.75, 3.05) is 27.4 Å². The lowest BCUT2D eigenvalue weighted by Crippen LogP contribution is -2.23. The van der Waals surface area contributed by atoms with Crippen molar-refractivity contribution in [2.45, 2.75) is 6.54 Å². The number of pyridine rings is 1. The summed E-state index contributed by atoms with van der Waals surface area (Å²) >= 11 is 6.39. The van der Waals surface area contributed by atoms with Gasteiger partial charge in [0.15, 0.2) is 0 Å². The molecule has 0 aliphatic heterocycles. The maximum Gasteiger partial charge on any atom is 0.255 e. The third kappa shape index (κ3) is 5.28. The van der Waals surface area contributed by atoms with E-state index in [9.17, 15) is 4.79 Å². The van der Waals surface area contributed by atoms with E-state index in [1.165, 1.54) is 7.11 Å². The van der Waals surface area contributed by atoms with E-state index in [0.29, 0.717) is 42.0 Å². The fourth-order valence-electron chi connectivity index (χ4n) is 2.69. The summed E-state index contributed by atoms with van der Waals surface area (Å²) in [5.41, 5.74) is 1.94. The van der Waals surface area contributed by atoms with Crippen molar-refractivity contribution < 1.29 is 19.0 Å². The highest BCUT2D eigenvalue weighted by molar-refractivity contribution is 6.33. The van der Waals surface area contributed by atoms with E-state index in [1.807, 2.05) is 35.2 Å². The Balaban J connectivity index is 1.67. The standard InChI is InChI=1S/C21H22ClN3O4/c1-27-9-10-29-20-6-5-15(13-23-20)14-24-21(26)16-11-17(22)18(12-19(16)28-2)25-7-3-4-8-25/h3-8,11-13H,9-10,14H2,1-2H3,(H,24,26). The van der Waals surface area contributed by atoms with Gasteiger partial charge in [-0.05, 0) is 23.8 Å². The summed E-state index contributed by atoms with van der Waals surface area (Å²) in [5.74, 6) is 0.657. The SMILES string of the molecule is COCCOc1ccc(CNC(=O)c2cc(Cl)c(-n3cccc3)cc2OC)cn1. The van der Waals surface area contributed by atoms with Crippen LogP contribution in [0.4, 0.5) is 0 Å². The second-order valence-corrected chi connectivity index (χ2v) is 6.53. The number of aromatic nitrogens is 2. The van der Waals surface area contributed by atoms with Gasteiger partial charge in [-0.2, -0.15) is 0 Å². The lowest BCUT2D eigenvalue weighted by Gasteiger charge is -2.14. The molecule has 1 aromatic carbocycles.